The average molecular weight is 340 g/mol. The summed E-state index contributed by atoms with van der Waals surface area (Å²) in [6.07, 6.45) is 1.56. The zero-order chi connectivity index (χ0) is 18.4. The van der Waals surface area contributed by atoms with Gasteiger partial charge in [-0.1, -0.05) is 32.9 Å². The van der Waals surface area contributed by atoms with Crippen LogP contribution in [0, 0.1) is 0 Å². The van der Waals surface area contributed by atoms with Crippen LogP contribution >= 0.6 is 0 Å². The van der Waals surface area contributed by atoms with Crippen LogP contribution in [0.1, 0.15) is 42.3 Å². The number of nitrogens with zero attached hydrogens (tertiary/aromatic N) is 1. The second-order valence-electron chi connectivity index (χ2n) is 6.64. The van der Waals surface area contributed by atoms with Gasteiger partial charge in [0, 0.05) is 5.56 Å². The summed E-state index contributed by atoms with van der Waals surface area (Å²) in [6.45, 7) is 6.40. The van der Waals surface area contributed by atoms with Crippen LogP contribution in [0.4, 0.5) is 0 Å². The lowest BCUT2D eigenvalue weighted by molar-refractivity contribution is 0.0955. The zero-order valence-corrected chi connectivity index (χ0v) is 15.3. The van der Waals surface area contributed by atoms with Gasteiger partial charge < -0.3 is 9.47 Å². The quantitative estimate of drug-likeness (QED) is 0.666. The maximum absolute atomic E-state index is 12.1. The van der Waals surface area contributed by atoms with Crippen molar-refractivity contribution in [2.75, 3.05) is 14.2 Å². The summed E-state index contributed by atoms with van der Waals surface area (Å²) in [5.74, 6) is 0.996. The highest BCUT2D eigenvalue weighted by molar-refractivity contribution is 5.95. The van der Waals surface area contributed by atoms with Crippen molar-refractivity contribution in [1.82, 2.24) is 5.43 Å². The molecule has 2 aromatic rings. The standard InChI is InChI=1S/C20H24N2O3/c1-20(2,3)16-9-7-15(8-10-16)19(23)22-21-13-14-6-11-17(24-4)18(12-14)25-5/h6-13H,1-5H3,(H,22,23)/b21-13+. The smallest absolute Gasteiger partial charge is 0.271 e. The number of methoxy groups -OCH3 is 2. The van der Waals surface area contributed by atoms with E-state index < -0.39 is 0 Å². The van der Waals surface area contributed by atoms with Gasteiger partial charge >= 0.3 is 0 Å². The molecule has 25 heavy (non-hydrogen) atoms. The van der Waals surface area contributed by atoms with Crippen molar-refractivity contribution in [3.05, 3.63) is 59.2 Å². The number of benzene rings is 2. The highest BCUT2D eigenvalue weighted by Crippen LogP contribution is 2.26. The van der Waals surface area contributed by atoms with E-state index in [1.807, 2.05) is 30.3 Å². The molecule has 132 valence electrons. The summed E-state index contributed by atoms with van der Waals surface area (Å²) in [5.41, 5.74) is 5.12. The van der Waals surface area contributed by atoms with Crippen molar-refractivity contribution in [2.45, 2.75) is 26.2 Å². The number of carbonyl (C=O) groups excluding carboxylic acids is 1. The lowest BCUT2D eigenvalue weighted by Crippen LogP contribution is -2.18. The van der Waals surface area contributed by atoms with Crippen molar-refractivity contribution in [2.24, 2.45) is 5.10 Å². The molecule has 2 aromatic carbocycles. The number of ether oxygens (including phenoxy) is 2. The van der Waals surface area contributed by atoms with Crippen LogP contribution in [-0.4, -0.2) is 26.3 Å². The number of nitrogens with one attached hydrogen (secondary N) is 1. The van der Waals surface area contributed by atoms with Gasteiger partial charge in [-0.15, -0.1) is 0 Å². The molecule has 0 unspecified atom stereocenters. The molecule has 0 aliphatic carbocycles. The molecule has 0 saturated carbocycles. The van der Waals surface area contributed by atoms with Gasteiger partial charge in [-0.05, 0) is 46.9 Å². The first-order chi connectivity index (χ1) is 11.8. The van der Waals surface area contributed by atoms with Gasteiger partial charge in [0.1, 0.15) is 0 Å². The Morgan fingerprint density at radius 3 is 2.20 bits per heavy atom. The molecule has 0 bridgehead atoms. The van der Waals surface area contributed by atoms with Crippen LogP contribution in [0.25, 0.3) is 0 Å². The fraction of sp³-hybridized carbons (Fsp3) is 0.300. The Kier molecular flexibility index (Phi) is 5.80. The third kappa shape index (κ3) is 4.83. The van der Waals surface area contributed by atoms with Crippen LogP contribution in [0.3, 0.4) is 0 Å². The van der Waals surface area contributed by atoms with E-state index in [0.717, 1.165) is 5.56 Å². The van der Waals surface area contributed by atoms with Gasteiger partial charge in [-0.25, -0.2) is 5.43 Å². The van der Waals surface area contributed by atoms with Crippen LogP contribution in [-0.2, 0) is 5.41 Å². The predicted molar refractivity (Wildman–Crippen MR) is 99.7 cm³/mol. The van der Waals surface area contributed by atoms with E-state index in [9.17, 15) is 4.79 Å². The van der Waals surface area contributed by atoms with E-state index in [1.54, 1.807) is 32.6 Å². The first kappa shape index (κ1) is 18.5. The Balaban J connectivity index is 2.03. The van der Waals surface area contributed by atoms with E-state index in [1.165, 1.54) is 5.56 Å². The van der Waals surface area contributed by atoms with Gasteiger partial charge in [0.2, 0.25) is 0 Å². The molecule has 0 atom stereocenters. The molecule has 0 aliphatic heterocycles. The van der Waals surface area contributed by atoms with Crippen LogP contribution in [0.15, 0.2) is 47.6 Å². The van der Waals surface area contributed by atoms with E-state index in [2.05, 4.69) is 31.3 Å². The van der Waals surface area contributed by atoms with Gasteiger partial charge in [0.25, 0.3) is 5.91 Å². The summed E-state index contributed by atoms with van der Waals surface area (Å²) in [5, 5.41) is 4.00. The Hall–Kier alpha value is -2.82. The van der Waals surface area contributed by atoms with Crippen LogP contribution in [0.2, 0.25) is 0 Å². The molecule has 1 amide bonds. The number of rotatable bonds is 5. The molecular weight excluding hydrogens is 316 g/mol. The molecule has 2 rings (SSSR count). The third-order valence-electron chi connectivity index (χ3n) is 3.80. The number of hydrogen-bond acceptors (Lipinski definition) is 4. The van der Waals surface area contributed by atoms with Crippen molar-refractivity contribution in [3.8, 4) is 11.5 Å². The van der Waals surface area contributed by atoms with Crippen molar-refractivity contribution in [1.29, 1.82) is 0 Å². The first-order valence-corrected chi connectivity index (χ1v) is 8.01. The molecule has 0 fully saturated rings. The Bertz CT molecular complexity index is 760. The van der Waals surface area contributed by atoms with Crippen molar-refractivity contribution >= 4 is 12.1 Å². The fourth-order valence-corrected chi connectivity index (χ4v) is 2.28. The third-order valence-corrected chi connectivity index (χ3v) is 3.80. The van der Waals surface area contributed by atoms with Crippen molar-refractivity contribution in [3.63, 3.8) is 0 Å². The second kappa shape index (κ2) is 7.83. The van der Waals surface area contributed by atoms with Gasteiger partial charge in [-0.2, -0.15) is 5.10 Å². The largest absolute Gasteiger partial charge is 0.493 e. The molecule has 0 saturated heterocycles. The van der Waals surface area contributed by atoms with Gasteiger partial charge in [-0.3, -0.25) is 4.79 Å². The lowest BCUT2D eigenvalue weighted by Gasteiger charge is -2.18. The molecule has 0 radical (unpaired) electrons. The monoisotopic (exact) mass is 340 g/mol. The number of hydrogen-bond donors (Lipinski definition) is 1. The average Bonchev–Trinajstić information content (AvgIpc) is 2.60. The van der Waals surface area contributed by atoms with E-state index in [4.69, 9.17) is 9.47 Å². The molecule has 5 nitrogen and oxygen atoms in total. The molecule has 0 aliphatic rings. The highest BCUT2D eigenvalue weighted by Gasteiger charge is 2.14. The Labute approximate surface area is 148 Å². The SMILES string of the molecule is COc1ccc(/C=N/NC(=O)c2ccc(C(C)(C)C)cc2)cc1OC. The minimum atomic E-state index is -0.253. The normalized spacial score (nSPS) is 11.4. The van der Waals surface area contributed by atoms with Gasteiger partial charge in [0.15, 0.2) is 11.5 Å². The van der Waals surface area contributed by atoms with Crippen LogP contribution in [0.5, 0.6) is 11.5 Å². The first-order valence-electron chi connectivity index (χ1n) is 8.01. The molecule has 0 heterocycles. The maximum atomic E-state index is 12.1. The van der Waals surface area contributed by atoms with E-state index in [0.29, 0.717) is 17.1 Å². The number of hydrazone groups is 1. The molecule has 0 aromatic heterocycles. The number of carbonyl (C=O) groups is 1. The lowest BCUT2D eigenvalue weighted by atomic mass is 9.87. The van der Waals surface area contributed by atoms with Crippen molar-refractivity contribution < 1.29 is 14.3 Å². The van der Waals surface area contributed by atoms with E-state index in [-0.39, 0.29) is 11.3 Å². The molecule has 1 N–H and O–H groups in total. The minimum absolute atomic E-state index is 0.0561. The summed E-state index contributed by atoms with van der Waals surface area (Å²) < 4.78 is 10.4. The summed E-state index contributed by atoms with van der Waals surface area (Å²) in [6, 6.07) is 12.9. The van der Waals surface area contributed by atoms with Crippen LogP contribution < -0.4 is 14.9 Å². The Morgan fingerprint density at radius 1 is 1.00 bits per heavy atom. The minimum Gasteiger partial charge on any atom is -0.493 e. The molecule has 0 spiro atoms. The molecular formula is C20H24N2O3. The maximum Gasteiger partial charge on any atom is 0.271 e. The fourth-order valence-electron chi connectivity index (χ4n) is 2.28. The predicted octanol–water partition coefficient (Wildman–Crippen LogP) is 3.77. The summed E-state index contributed by atoms with van der Waals surface area (Å²) in [7, 11) is 3.15. The second-order valence-corrected chi connectivity index (χ2v) is 6.64. The Morgan fingerprint density at radius 2 is 1.64 bits per heavy atom. The summed E-state index contributed by atoms with van der Waals surface area (Å²) >= 11 is 0. The topological polar surface area (TPSA) is 59.9 Å². The zero-order valence-electron chi connectivity index (χ0n) is 15.3. The molecule has 5 heteroatoms. The summed E-state index contributed by atoms with van der Waals surface area (Å²) in [4.78, 5) is 12.1. The number of amides is 1. The van der Waals surface area contributed by atoms with Gasteiger partial charge in [0.05, 0.1) is 20.4 Å². The highest BCUT2D eigenvalue weighted by atomic mass is 16.5. The van der Waals surface area contributed by atoms with E-state index >= 15 is 0 Å².